The Morgan fingerprint density at radius 2 is 1.88 bits per heavy atom. The van der Waals surface area contributed by atoms with Crippen molar-refractivity contribution >= 4 is 27.4 Å². The summed E-state index contributed by atoms with van der Waals surface area (Å²) in [7, 11) is -2.82. The van der Waals surface area contributed by atoms with Crippen LogP contribution in [0.4, 0.5) is 11.4 Å². The van der Waals surface area contributed by atoms with E-state index in [4.69, 9.17) is 0 Å². The van der Waals surface area contributed by atoms with Gasteiger partial charge in [-0.05, 0) is 30.7 Å². The smallest absolute Gasteiger partial charge is 0.338 e. The van der Waals surface area contributed by atoms with Gasteiger partial charge in [0.2, 0.25) is 0 Å². The molecule has 2 aromatic rings. The van der Waals surface area contributed by atoms with Crippen molar-refractivity contribution in [2.75, 3.05) is 11.8 Å². The zero-order valence-electron chi connectivity index (χ0n) is 12.8. The fraction of sp³-hybridized carbons (Fsp3) is 0.133. The summed E-state index contributed by atoms with van der Waals surface area (Å²) in [5.41, 5.74) is 0.456. The van der Waals surface area contributed by atoms with Gasteiger partial charge in [0.25, 0.3) is 15.7 Å². The molecule has 0 aliphatic heterocycles. The SMILES string of the molecule is COC(=O)c1cccc(NS(=O)(=O)c2cccc([N+](=O)[O-])c2)c1C. The van der Waals surface area contributed by atoms with Gasteiger partial charge in [-0.3, -0.25) is 14.8 Å². The van der Waals surface area contributed by atoms with Gasteiger partial charge >= 0.3 is 5.97 Å². The molecule has 0 radical (unpaired) electrons. The number of nitro groups is 1. The summed E-state index contributed by atoms with van der Waals surface area (Å²) in [5.74, 6) is -0.594. The fourth-order valence-corrected chi connectivity index (χ4v) is 3.21. The zero-order chi connectivity index (χ0) is 17.9. The second-order valence-corrected chi connectivity index (χ2v) is 6.51. The fourth-order valence-electron chi connectivity index (χ4n) is 2.05. The van der Waals surface area contributed by atoms with Gasteiger partial charge in [0.1, 0.15) is 0 Å². The van der Waals surface area contributed by atoms with Gasteiger partial charge in [-0.25, -0.2) is 13.2 Å². The van der Waals surface area contributed by atoms with Crippen LogP contribution in [0.2, 0.25) is 0 Å². The number of hydrogen-bond acceptors (Lipinski definition) is 6. The van der Waals surface area contributed by atoms with Crippen LogP contribution in [0.25, 0.3) is 0 Å². The molecule has 126 valence electrons. The number of nitrogens with one attached hydrogen (secondary N) is 1. The monoisotopic (exact) mass is 350 g/mol. The van der Waals surface area contributed by atoms with E-state index >= 15 is 0 Å². The van der Waals surface area contributed by atoms with Crippen molar-refractivity contribution in [3.05, 3.63) is 63.7 Å². The van der Waals surface area contributed by atoms with E-state index in [1.165, 1.54) is 43.5 Å². The number of rotatable bonds is 5. The van der Waals surface area contributed by atoms with Crippen LogP contribution in [0, 0.1) is 17.0 Å². The molecule has 0 saturated carbocycles. The third-order valence-electron chi connectivity index (χ3n) is 3.32. The topological polar surface area (TPSA) is 116 Å². The van der Waals surface area contributed by atoms with E-state index in [1.54, 1.807) is 6.92 Å². The van der Waals surface area contributed by atoms with E-state index in [2.05, 4.69) is 9.46 Å². The van der Waals surface area contributed by atoms with Crippen molar-refractivity contribution in [1.82, 2.24) is 0 Å². The van der Waals surface area contributed by atoms with E-state index in [1.807, 2.05) is 0 Å². The second-order valence-electron chi connectivity index (χ2n) is 4.83. The van der Waals surface area contributed by atoms with Crippen molar-refractivity contribution < 1.29 is 22.9 Å². The zero-order valence-corrected chi connectivity index (χ0v) is 13.7. The highest BCUT2D eigenvalue weighted by Crippen LogP contribution is 2.24. The van der Waals surface area contributed by atoms with Gasteiger partial charge in [-0.15, -0.1) is 0 Å². The van der Waals surface area contributed by atoms with Gasteiger partial charge in [0.05, 0.1) is 28.2 Å². The average Bonchev–Trinajstić information content (AvgIpc) is 2.56. The molecule has 1 N–H and O–H groups in total. The summed E-state index contributed by atoms with van der Waals surface area (Å²) in [4.78, 5) is 21.5. The lowest BCUT2D eigenvalue weighted by Crippen LogP contribution is -2.15. The maximum absolute atomic E-state index is 12.4. The second kappa shape index (κ2) is 6.67. The van der Waals surface area contributed by atoms with Crippen molar-refractivity contribution in [2.45, 2.75) is 11.8 Å². The molecule has 0 saturated heterocycles. The summed E-state index contributed by atoms with van der Waals surface area (Å²) >= 11 is 0. The molecular formula is C15H14N2O6S. The van der Waals surface area contributed by atoms with E-state index in [0.29, 0.717) is 5.56 Å². The number of ether oxygens (including phenoxy) is 1. The lowest BCUT2D eigenvalue weighted by atomic mass is 10.1. The van der Waals surface area contributed by atoms with Crippen molar-refractivity contribution in [3.63, 3.8) is 0 Å². The van der Waals surface area contributed by atoms with Gasteiger partial charge in [-0.1, -0.05) is 12.1 Å². The standard InChI is InChI=1S/C15H14N2O6S/c1-10-13(15(18)23-2)7-4-8-14(10)16-24(21,22)12-6-3-5-11(9-12)17(19)20/h3-9,16H,1-2H3. The quantitative estimate of drug-likeness (QED) is 0.503. The molecule has 0 aromatic heterocycles. The predicted molar refractivity (Wildman–Crippen MR) is 86.4 cm³/mol. The van der Waals surface area contributed by atoms with Crippen LogP contribution < -0.4 is 4.72 Å². The Balaban J connectivity index is 2.42. The number of carbonyl (C=O) groups excluding carboxylic acids is 1. The third kappa shape index (κ3) is 3.51. The molecule has 0 amide bonds. The van der Waals surface area contributed by atoms with Crippen LogP contribution in [0.3, 0.4) is 0 Å². The number of non-ortho nitro benzene ring substituents is 1. The van der Waals surface area contributed by atoms with E-state index in [9.17, 15) is 23.3 Å². The molecule has 8 nitrogen and oxygen atoms in total. The summed E-state index contributed by atoms with van der Waals surface area (Å²) < 4.78 is 31.8. The average molecular weight is 350 g/mol. The van der Waals surface area contributed by atoms with Crippen LogP contribution in [0.5, 0.6) is 0 Å². The molecule has 0 fully saturated rings. The Morgan fingerprint density at radius 1 is 1.21 bits per heavy atom. The lowest BCUT2D eigenvalue weighted by molar-refractivity contribution is -0.385. The molecule has 0 atom stereocenters. The maximum Gasteiger partial charge on any atom is 0.338 e. The minimum atomic E-state index is -4.05. The summed E-state index contributed by atoms with van der Waals surface area (Å²) in [6.07, 6.45) is 0. The molecule has 9 heteroatoms. The molecule has 0 bridgehead atoms. The predicted octanol–water partition coefficient (Wildman–Crippen LogP) is 2.49. The summed E-state index contributed by atoms with van der Waals surface area (Å²) in [5, 5.41) is 10.8. The number of anilines is 1. The van der Waals surface area contributed by atoms with Crippen molar-refractivity contribution in [3.8, 4) is 0 Å². The first-order valence-electron chi connectivity index (χ1n) is 6.71. The lowest BCUT2D eigenvalue weighted by Gasteiger charge is -2.12. The Labute approximate surface area is 138 Å². The highest BCUT2D eigenvalue weighted by molar-refractivity contribution is 7.92. The van der Waals surface area contributed by atoms with Crippen LogP contribution in [-0.2, 0) is 14.8 Å². The first-order chi connectivity index (χ1) is 11.3. The number of benzene rings is 2. The first-order valence-corrected chi connectivity index (χ1v) is 8.20. The molecule has 0 unspecified atom stereocenters. The number of methoxy groups -OCH3 is 1. The van der Waals surface area contributed by atoms with Gasteiger partial charge in [0, 0.05) is 12.1 Å². The Bertz CT molecular complexity index is 908. The van der Waals surface area contributed by atoms with Gasteiger partial charge in [0.15, 0.2) is 0 Å². The van der Waals surface area contributed by atoms with E-state index < -0.39 is 20.9 Å². The van der Waals surface area contributed by atoms with Crippen LogP contribution in [-0.4, -0.2) is 26.4 Å². The first kappa shape index (κ1) is 17.4. The number of nitro benzene ring substituents is 1. The molecule has 2 aromatic carbocycles. The van der Waals surface area contributed by atoms with Crippen molar-refractivity contribution in [2.24, 2.45) is 0 Å². The van der Waals surface area contributed by atoms with Crippen molar-refractivity contribution in [1.29, 1.82) is 0 Å². The number of nitrogens with zero attached hydrogens (tertiary/aromatic N) is 1. The Morgan fingerprint density at radius 3 is 2.50 bits per heavy atom. The molecule has 0 aliphatic carbocycles. The minimum Gasteiger partial charge on any atom is -0.465 e. The van der Waals surface area contributed by atoms with Gasteiger partial charge < -0.3 is 4.74 Å². The third-order valence-corrected chi connectivity index (χ3v) is 4.69. The number of esters is 1. The largest absolute Gasteiger partial charge is 0.465 e. The van der Waals surface area contributed by atoms with E-state index in [0.717, 1.165) is 6.07 Å². The highest BCUT2D eigenvalue weighted by Gasteiger charge is 2.20. The molecule has 0 aliphatic rings. The minimum absolute atomic E-state index is 0.185. The summed E-state index contributed by atoms with van der Waals surface area (Å²) in [6, 6.07) is 9.18. The Hall–Kier alpha value is -2.94. The Kier molecular flexibility index (Phi) is 4.84. The molecule has 0 spiro atoms. The normalized spacial score (nSPS) is 10.9. The van der Waals surface area contributed by atoms with E-state index in [-0.39, 0.29) is 21.8 Å². The summed E-state index contributed by atoms with van der Waals surface area (Å²) in [6.45, 7) is 1.57. The van der Waals surface area contributed by atoms with Crippen LogP contribution in [0.1, 0.15) is 15.9 Å². The maximum atomic E-state index is 12.4. The number of carbonyl (C=O) groups is 1. The highest BCUT2D eigenvalue weighted by atomic mass is 32.2. The molecular weight excluding hydrogens is 336 g/mol. The van der Waals surface area contributed by atoms with Crippen LogP contribution >= 0.6 is 0 Å². The number of sulfonamides is 1. The van der Waals surface area contributed by atoms with Gasteiger partial charge in [-0.2, -0.15) is 0 Å². The molecule has 24 heavy (non-hydrogen) atoms. The number of hydrogen-bond donors (Lipinski definition) is 1. The van der Waals surface area contributed by atoms with Crippen LogP contribution in [0.15, 0.2) is 47.4 Å². The molecule has 2 rings (SSSR count). The molecule has 0 heterocycles.